The van der Waals surface area contributed by atoms with Gasteiger partial charge < -0.3 is 25.0 Å². The van der Waals surface area contributed by atoms with E-state index in [4.69, 9.17) is 19.4 Å². The number of fused-ring (bicyclic) bond motifs is 4. The van der Waals surface area contributed by atoms with Gasteiger partial charge in [-0.05, 0) is 69.6 Å². The van der Waals surface area contributed by atoms with Crippen LogP contribution in [0.15, 0.2) is 67.3 Å². The van der Waals surface area contributed by atoms with Gasteiger partial charge in [-0.1, -0.05) is 68.5 Å². The minimum atomic E-state index is -3.91. The molecule has 4 amide bonds. The molecule has 3 heterocycles. The van der Waals surface area contributed by atoms with Crippen molar-refractivity contribution >= 4 is 50.9 Å². The van der Waals surface area contributed by atoms with E-state index in [1.807, 2.05) is 60.7 Å². The molecule has 14 nitrogen and oxygen atoms in total. The minimum Gasteiger partial charge on any atom is -0.471 e. The molecule has 1 aromatic heterocycles. The Morgan fingerprint density at radius 3 is 2.50 bits per heavy atom. The number of rotatable bonds is 8. The number of benzene rings is 2. The fraction of sp³-hybridized carbons (Fsp3) is 0.463. The summed E-state index contributed by atoms with van der Waals surface area (Å²) in [7, 11) is -3.91. The topological polar surface area (TPSA) is 186 Å². The van der Waals surface area contributed by atoms with Crippen LogP contribution in [0.3, 0.4) is 0 Å². The Balaban J connectivity index is 1.27. The van der Waals surface area contributed by atoms with Gasteiger partial charge in [-0.25, -0.2) is 23.2 Å². The molecule has 2 aliphatic carbocycles. The van der Waals surface area contributed by atoms with Crippen molar-refractivity contribution < 1.29 is 37.1 Å². The largest absolute Gasteiger partial charge is 0.471 e. The average molecular weight is 785 g/mol. The number of carbonyl (C=O) groups is 4. The van der Waals surface area contributed by atoms with E-state index in [1.54, 1.807) is 27.7 Å². The Hall–Kier alpha value is -5.31. The van der Waals surface area contributed by atoms with E-state index >= 15 is 0 Å². The van der Waals surface area contributed by atoms with Crippen LogP contribution in [0.1, 0.15) is 71.8 Å². The van der Waals surface area contributed by atoms with Crippen LogP contribution in [0.2, 0.25) is 0 Å². The van der Waals surface area contributed by atoms with Crippen LogP contribution < -0.4 is 20.1 Å². The van der Waals surface area contributed by atoms with Gasteiger partial charge >= 0.3 is 6.09 Å². The van der Waals surface area contributed by atoms with E-state index in [0.717, 1.165) is 11.1 Å². The Morgan fingerprint density at radius 1 is 1.07 bits per heavy atom. The van der Waals surface area contributed by atoms with Crippen LogP contribution >= 0.6 is 0 Å². The van der Waals surface area contributed by atoms with Crippen molar-refractivity contribution in [3.63, 3.8) is 0 Å². The number of aromatic nitrogens is 2. The van der Waals surface area contributed by atoms with Crippen LogP contribution in [0.5, 0.6) is 5.88 Å². The predicted octanol–water partition coefficient (Wildman–Crippen LogP) is 4.65. The lowest BCUT2D eigenvalue weighted by atomic mass is 10.0. The fourth-order valence-corrected chi connectivity index (χ4v) is 8.74. The standard InChI is InChI=1S/C41H48N6O8S/c1-6-27-22-41(27,38(50)46-56(52,53)29-16-17-29)45-35(48)32-21-28-23-47(32)37(49)33(24(2)3)44-39(51)55-40(4,5)19-11-10-12-25-15-18-30-31(20-25)43-36(54-28)34(42-30)26-13-8-7-9-14-26/h6-10,12-15,18,20,24,27-29,32-33H,1,11,16-17,19,21-23H2,2-5H3,(H,44,51)(H,45,48)(H,46,50)/b12-10+/t27-,28-,32+,33+,41+/m1/s1. The number of hydrogen-bond acceptors (Lipinski definition) is 10. The van der Waals surface area contributed by atoms with Crippen molar-refractivity contribution in [2.24, 2.45) is 11.8 Å². The van der Waals surface area contributed by atoms with Gasteiger partial charge in [0.25, 0.3) is 5.91 Å². The molecule has 0 unspecified atom stereocenters. The highest BCUT2D eigenvalue weighted by molar-refractivity contribution is 7.91. The maximum atomic E-state index is 14.6. The summed E-state index contributed by atoms with van der Waals surface area (Å²) in [5.41, 5.74) is 0.897. The van der Waals surface area contributed by atoms with Crippen LogP contribution in [0, 0.1) is 11.8 Å². The molecule has 3 aromatic rings. The second-order valence-corrected chi connectivity index (χ2v) is 18.1. The molecule has 15 heteroatoms. The van der Waals surface area contributed by atoms with Gasteiger partial charge in [0, 0.05) is 17.9 Å². The normalized spacial score (nSPS) is 27.0. The second kappa shape index (κ2) is 15.0. The van der Waals surface area contributed by atoms with Crippen LogP contribution in [-0.4, -0.2) is 88.2 Å². The number of carbonyl (C=O) groups excluding carboxylic acids is 4. The third-order valence-corrected chi connectivity index (χ3v) is 12.7. The monoisotopic (exact) mass is 784 g/mol. The van der Waals surface area contributed by atoms with Crippen molar-refractivity contribution in [3.05, 3.63) is 72.8 Å². The molecule has 5 bridgehead atoms. The molecule has 3 N–H and O–H groups in total. The maximum absolute atomic E-state index is 14.6. The van der Waals surface area contributed by atoms with Gasteiger partial charge in [0.05, 0.1) is 22.8 Å². The Bertz CT molecular complexity index is 2210. The number of nitrogens with one attached hydrogen (secondary N) is 3. The quantitative estimate of drug-likeness (QED) is 0.272. The molecule has 4 aliphatic rings. The van der Waals surface area contributed by atoms with Gasteiger partial charge in [-0.2, -0.15) is 0 Å². The molecule has 7 rings (SSSR count). The second-order valence-electron chi connectivity index (χ2n) is 16.1. The lowest BCUT2D eigenvalue weighted by Crippen LogP contribution is -2.59. The highest BCUT2D eigenvalue weighted by Gasteiger charge is 2.62. The number of nitrogens with zero attached hydrogens (tertiary/aromatic N) is 3. The molecule has 5 atom stereocenters. The van der Waals surface area contributed by atoms with Crippen molar-refractivity contribution in [2.45, 2.75) is 101 Å². The molecule has 2 saturated carbocycles. The van der Waals surface area contributed by atoms with Gasteiger partial charge in [0.1, 0.15) is 35.0 Å². The SMILES string of the molecule is C=C[C@@H]1C[C@@]1(NC(=O)[C@@H]1C[C@@H]2CN1C(=O)[C@H](C(C)C)NC(=O)OC(C)(C)CC/C=C/c1ccc3nc(-c4ccccc4)c(nc3c1)O2)C(=O)NS(=O)(=O)C1CC1. The summed E-state index contributed by atoms with van der Waals surface area (Å²) >= 11 is 0. The fourth-order valence-electron chi connectivity index (χ4n) is 7.38. The van der Waals surface area contributed by atoms with E-state index in [0.29, 0.717) is 42.4 Å². The first kappa shape index (κ1) is 38.9. The third kappa shape index (κ3) is 8.13. The zero-order chi connectivity index (χ0) is 40.0. The highest BCUT2D eigenvalue weighted by Crippen LogP contribution is 2.45. The van der Waals surface area contributed by atoms with Gasteiger partial charge in [0.2, 0.25) is 27.7 Å². The molecule has 56 heavy (non-hydrogen) atoms. The third-order valence-electron chi connectivity index (χ3n) is 10.9. The number of allylic oxidation sites excluding steroid dienone is 1. The van der Waals surface area contributed by atoms with E-state index in [2.05, 4.69) is 21.9 Å². The van der Waals surface area contributed by atoms with E-state index in [1.165, 1.54) is 11.0 Å². The summed E-state index contributed by atoms with van der Waals surface area (Å²) in [6.45, 7) is 10.9. The molecule has 0 spiro atoms. The Kier molecular flexibility index (Phi) is 10.4. The smallest absolute Gasteiger partial charge is 0.408 e. The average Bonchev–Trinajstić information content (AvgIpc) is 4.08. The maximum Gasteiger partial charge on any atom is 0.408 e. The van der Waals surface area contributed by atoms with Gasteiger partial charge in [0.15, 0.2) is 0 Å². The predicted molar refractivity (Wildman–Crippen MR) is 209 cm³/mol. The van der Waals surface area contributed by atoms with Crippen molar-refractivity contribution in [1.82, 2.24) is 30.2 Å². The Morgan fingerprint density at radius 2 is 1.82 bits per heavy atom. The van der Waals surface area contributed by atoms with Crippen molar-refractivity contribution in [2.75, 3.05) is 6.54 Å². The lowest BCUT2D eigenvalue weighted by molar-refractivity contribution is -0.141. The number of amides is 4. The molecule has 296 valence electrons. The lowest BCUT2D eigenvalue weighted by Gasteiger charge is -2.32. The highest BCUT2D eigenvalue weighted by atomic mass is 32.2. The van der Waals surface area contributed by atoms with Gasteiger partial charge in [-0.3, -0.25) is 19.1 Å². The van der Waals surface area contributed by atoms with Crippen LogP contribution in [-0.2, 0) is 29.1 Å². The number of sulfonamides is 1. The molecule has 0 radical (unpaired) electrons. The van der Waals surface area contributed by atoms with Crippen LogP contribution in [0.4, 0.5) is 4.79 Å². The summed E-state index contributed by atoms with van der Waals surface area (Å²) in [5.74, 6) is -2.81. The van der Waals surface area contributed by atoms with E-state index in [-0.39, 0.29) is 25.3 Å². The summed E-state index contributed by atoms with van der Waals surface area (Å²) in [5, 5.41) is 4.90. The number of ether oxygens (including phenoxy) is 2. The molecular formula is C41H48N6O8S. The summed E-state index contributed by atoms with van der Waals surface area (Å²) in [4.78, 5) is 67.1. The van der Waals surface area contributed by atoms with Crippen LogP contribution in [0.25, 0.3) is 28.4 Å². The van der Waals surface area contributed by atoms with Gasteiger partial charge in [-0.15, -0.1) is 6.58 Å². The Labute approximate surface area is 326 Å². The van der Waals surface area contributed by atoms with E-state index < -0.39 is 80.3 Å². The molecular weight excluding hydrogens is 737 g/mol. The van der Waals surface area contributed by atoms with E-state index in [9.17, 15) is 27.6 Å². The van der Waals surface area contributed by atoms with Crippen molar-refractivity contribution in [3.8, 4) is 17.1 Å². The molecule has 2 aliphatic heterocycles. The first-order valence-electron chi connectivity index (χ1n) is 19.1. The zero-order valence-corrected chi connectivity index (χ0v) is 32.8. The minimum absolute atomic E-state index is 0.00653. The molecule has 2 aromatic carbocycles. The van der Waals surface area contributed by atoms with Crippen molar-refractivity contribution in [1.29, 1.82) is 0 Å². The number of alkyl carbamates (subject to hydrolysis) is 1. The zero-order valence-electron chi connectivity index (χ0n) is 32.0. The summed E-state index contributed by atoms with van der Waals surface area (Å²) in [6.07, 6.45) is 6.05. The first-order chi connectivity index (χ1) is 26.6. The first-order valence-corrected chi connectivity index (χ1v) is 20.6. The molecule has 3 fully saturated rings. The molecule has 1 saturated heterocycles. The summed E-state index contributed by atoms with van der Waals surface area (Å²) in [6, 6.07) is 12.9. The summed E-state index contributed by atoms with van der Waals surface area (Å²) < 4.78 is 40.1. The number of hydrogen-bond donors (Lipinski definition) is 3. The number of cyclic esters (lactones) is 1.